The number of hydrogen-bond acceptors (Lipinski definition) is 4. The van der Waals surface area contributed by atoms with Crippen molar-refractivity contribution in [2.24, 2.45) is 0 Å². The van der Waals surface area contributed by atoms with Gasteiger partial charge in [0, 0.05) is 38.5 Å². The SMILES string of the molecule is CNC(=O)c1cc(C(=O)NCCc2ncc[nH]2)n(C(C)c2ccccc2)n1. The van der Waals surface area contributed by atoms with Crippen molar-refractivity contribution in [2.45, 2.75) is 19.4 Å². The number of aromatic amines is 1. The molecule has 8 heteroatoms. The predicted molar refractivity (Wildman–Crippen MR) is 100 cm³/mol. The van der Waals surface area contributed by atoms with Gasteiger partial charge in [-0.1, -0.05) is 30.3 Å². The maximum absolute atomic E-state index is 12.7. The summed E-state index contributed by atoms with van der Waals surface area (Å²) in [6, 6.07) is 11.0. The first-order valence-corrected chi connectivity index (χ1v) is 8.73. The average Bonchev–Trinajstić information content (AvgIpc) is 3.37. The topological polar surface area (TPSA) is 105 Å². The molecular weight excluding hydrogens is 344 g/mol. The highest BCUT2D eigenvalue weighted by Gasteiger charge is 2.22. The van der Waals surface area contributed by atoms with E-state index in [0.717, 1.165) is 11.4 Å². The zero-order valence-corrected chi connectivity index (χ0v) is 15.3. The van der Waals surface area contributed by atoms with Crippen LogP contribution in [0.2, 0.25) is 0 Å². The van der Waals surface area contributed by atoms with Crippen molar-refractivity contribution in [3.05, 3.63) is 71.6 Å². The lowest BCUT2D eigenvalue weighted by Gasteiger charge is -2.16. The lowest BCUT2D eigenvalue weighted by molar-refractivity contribution is 0.0938. The van der Waals surface area contributed by atoms with Crippen LogP contribution < -0.4 is 10.6 Å². The number of hydrogen-bond donors (Lipinski definition) is 3. The van der Waals surface area contributed by atoms with Gasteiger partial charge in [-0.3, -0.25) is 14.3 Å². The van der Waals surface area contributed by atoms with Crippen molar-refractivity contribution in [2.75, 3.05) is 13.6 Å². The zero-order valence-electron chi connectivity index (χ0n) is 15.3. The molecule has 0 spiro atoms. The molecule has 3 N–H and O–H groups in total. The molecule has 3 rings (SSSR count). The van der Waals surface area contributed by atoms with Crippen LogP contribution in [-0.4, -0.2) is 45.2 Å². The highest BCUT2D eigenvalue weighted by atomic mass is 16.2. The Morgan fingerprint density at radius 2 is 2.00 bits per heavy atom. The minimum absolute atomic E-state index is 0.199. The van der Waals surface area contributed by atoms with Gasteiger partial charge in [-0.25, -0.2) is 4.98 Å². The Labute approximate surface area is 157 Å². The summed E-state index contributed by atoms with van der Waals surface area (Å²) in [5.74, 6) is 0.179. The largest absolute Gasteiger partial charge is 0.354 e. The first-order valence-electron chi connectivity index (χ1n) is 8.73. The molecule has 140 valence electrons. The highest BCUT2D eigenvalue weighted by Crippen LogP contribution is 2.20. The number of rotatable bonds is 7. The van der Waals surface area contributed by atoms with Crippen molar-refractivity contribution in [1.82, 2.24) is 30.4 Å². The molecule has 0 saturated carbocycles. The summed E-state index contributed by atoms with van der Waals surface area (Å²) < 4.78 is 1.59. The molecule has 2 heterocycles. The molecule has 1 unspecified atom stereocenters. The monoisotopic (exact) mass is 366 g/mol. The van der Waals surface area contributed by atoms with Crippen LogP contribution >= 0.6 is 0 Å². The number of H-pyrrole nitrogens is 1. The second-order valence-corrected chi connectivity index (χ2v) is 6.07. The maximum atomic E-state index is 12.7. The Hall–Kier alpha value is -3.42. The smallest absolute Gasteiger partial charge is 0.271 e. The summed E-state index contributed by atoms with van der Waals surface area (Å²) in [6.07, 6.45) is 4.00. The second kappa shape index (κ2) is 8.31. The molecule has 8 nitrogen and oxygen atoms in total. The lowest BCUT2D eigenvalue weighted by Crippen LogP contribution is -2.29. The van der Waals surface area contributed by atoms with E-state index in [0.29, 0.717) is 18.7 Å². The molecule has 3 aromatic rings. The maximum Gasteiger partial charge on any atom is 0.271 e. The third-order valence-corrected chi connectivity index (χ3v) is 4.28. The van der Waals surface area contributed by atoms with Gasteiger partial charge in [0.15, 0.2) is 5.69 Å². The van der Waals surface area contributed by atoms with Crippen LogP contribution in [0.1, 0.15) is 45.3 Å². The van der Waals surface area contributed by atoms with E-state index in [1.165, 1.54) is 13.1 Å². The fourth-order valence-corrected chi connectivity index (χ4v) is 2.79. The Morgan fingerprint density at radius 1 is 1.22 bits per heavy atom. The number of carbonyl (C=O) groups excluding carboxylic acids is 2. The average molecular weight is 366 g/mol. The van der Waals surface area contributed by atoms with Gasteiger partial charge in [-0.05, 0) is 12.5 Å². The number of amides is 2. The summed E-state index contributed by atoms with van der Waals surface area (Å²) in [5, 5.41) is 9.77. The molecule has 0 saturated heterocycles. The molecule has 2 amide bonds. The van der Waals surface area contributed by atoms with E-state index in [1.807, 2.05) is 37.3 Å². The Bertz CT molecular complexity index is 902. The van der Waals surface area contributed by atoms with E-state index >= 15 is 0 Å². The van der Waals surface area contributed by atoms with E-state index in [-0.39, 0.29) is 23.6 Å². The third kappa shape index (κ3) is 4.22. The highest BCUT2D eigenvalue weighted by molar-refractivity contribution is 5.97. The van der Waals surface area contributed by atoms with Crippen LogP contribution in [0.15, 0.2) is 48.8 Å². The normalized spacial score (nSPS) is 11.8. The molecule has 0 aliphatic rings. The molecule has 0 aliphatic heterocycles. The molecule has 1 atom stereocenters. The minimum atomic E-state index is -0.335. The molecule has 1 aromatic carbocycles. The van der Waals surface area contributed by atoms with Crippen molar-refractivity contribution in [1.29, 1.82) is 0 Å². The number of imidazole rings is 1. The van der Waals surface area contributed by atoms with E-state index in [9.17, 15) is 9.59 Å². The first kappa shape index (κ1) is 18.4. The van der Waals surface area contributed by atoms with Gasteiger partial charge in [-0.2, -0.15) is 5.10 Å². The molecule has 0 aliphatic carbocycles. The van der Waals surface area contributed by atoms with Gasteiger partial charge in [0.05, 0.1) is 6.04 Å². The third-order valence-electron chi connectivity index (χ3n) is 4.28. The van der Waals surface area contributed by atoms with E-state index in [2.05, 4.69) is 25.7 Å². The Balaban J connectivity index is 1.82. The lowest BCUT2D eigenvalue weighted by atomic mass is 10.1. The molecule has 0 fully saturated rings. The number of benzene rings is 1. The Kier molecular flexibility index (Phi) is 5.65. The van der Waals surface area contributed by atoms with Crippen LogP contribution in [0.25, 0.3) is 0 Å². The predicted octanol–water partition coefficient (Wildman–Crippen LogP) is 1.55. The summed E-state index contributed by atoms with van der Waals surface area (Å²) in [6.45, 7) is 2.36. The van der Waals surface area contributed by atoms with Crippen molar-refractivity contribution in [3.8, 4) is 0 Å². The van der Waals surface area contributed by atoms with Gasteiger partial charge in [0.2, 0.25) is 0 Å². The molecule has 0 bridgehead atoms. The van der Waals surface area contributed by atoms with Gasteiger partial charge in [0.25, 0.3) is 11.8 Å². The van der Waals surface area contributed by atoms with Crippen LogP contribution in [0.5, 0.6) is 0 Å². The molecule has 2 aromatic heterocycles. The number of carbonyl (C=O) groups is 2. The summed E-state index contributed by atoms with van der Waals surface area (Å²) >= 11 is 0. The zero-order chi connectivity index (χ0) is 19.2. The van der Waals surface area contributed by atoms with Crippen molar-refractivity contribution in [3.63, 3.8) is 0 Å². The number of nitrogens with one attached hydrogen (secondary N) is 3. The summed E-state index contributed by atoms with van der Waals surface area (Å²) in [4.78, 5) is 31.8. The fraction of sp³-hybridized carbons (Fsp3) is 0.263. The summed E-state index contributed by atoms with van der Waals surface area (Å²) in [5.41, 5.74) is 1.54. The molecule has 27 heavy (non-hydrogen) atoms. The first-order chi connectivity index (χ1) is 13.1. The van der Waals surface area contributed by atoms with Gasteiger partial charge in [-0.15, -0.1) is 0 Å². The van der Waals surface area contributed by atoms with Crippen LogP contribution in [-0.2, 0) is 6.42 Å². The number of aromatic nitrogens is 4. The quantitative estimate of drug-likeness (QED) is 0.590. The van der Waals surface area contributed by atoms with Gasteiger partial charge < -0.3 is 15.6 Å². The van der Waals surface area contributed by atoms with Crippen molar-refractivity contribution >= 4 is 11.8 Å². The molecule has 0 radical (unpaired) electrons. The fourth-order valence-electron chi connectivity index (χ4n) is 2.79. The van der Waals surface area contributed by atoms with E-state index in [1.54, 1.807) is 17.1 Å². The van der Waals surface area contributed by atoms with Crippen molar-refractivity contribution < 1.29 is 9.59 Å². The van der Waals surface area contributed by atoms with Crippen LogP contribution in [0.3, 0.4) is 0 Å². The number of nitrogens with zero attached hydrogens (tertiary/aromatic N) is 3. The van der Waals surface area contributed by atoms with Crippen LogP contribution in [0, 0.1) is 0 Å². The Morgan fingerprint density at radius 3 is 2.67 bits per heavy atom. The second-order valence-electron chi connectivity index (χ2n) is 6.07. The van der Waals surface area contributed by atoms with Crippen LogP contribution in [0.4, 0.5) is 0 Å². The van der Waals surface area contributed by atoms with E-state index in [4.69, 9.17) is 0 Å². The summed E-state index contributed by atoms with van der Waals surface area (Å²) in [7, 11) is 1.53. The van der Waals surface area contributed by atoms with Gasteiger partial charge in [0.1, 0.15) is 11.5 Å². The van der Waals surface area contributed by atoms with E-state index < -0.39 is 0 Å². The molecular formula is C19H22N6O2. The minimum Gasteiger partial charge on any atom is -0.354 e. The standard InChI is InChI=1S/C19H22N6O2/c1-13(14-6-4-3-5-7-14)25-16(12-15(24-25)18(26)20-2)19(27)23-9-8-17-21-10-11-22-17/h3-7,10-13H,8-9H2,1-2H3,(H,20,26)(H,21,22)(H,23,27). The van der Waals surface area contributed by atoms with Gasteiger partial charge >= 0.3 is 0 Å².